The number of hydrogen-bond donors (Lipinski definition) is 2. The van der Waals surface area contributed by atoms with Gasteiger partial charge in [-0.05, 0) is 13.0 Å². The zero-order valence-electron chi connectivity index (χ0n) is 10.1. The van der Waals surface area contributed by atoms with Gasteiger partial charge in [0.1, 0.15) is 5.70 Å². The quantitative estimate of drug-likeness (QED) is 0.508. The van der Waals surface area contributed by atoms with Crippen LogP contribution in [0.1, 0.15) is 13.3 Å². The van der Waals surface area contributed by atoms with E-state index in [0.717, 1.165) is 0 Å². The SMILES string of the molecule is CONN(C)C1=C(CCO)C(=O)C(C)=CC1=O. The van der Waals surface area contributed by atoms with Crippen LogP contribution in [0.25, 0.3) is 0 Å². The molecular formula is C11H16N2O4. The maximum Gasteiger partial charge on any atom is 0.204 e. The van der Waals surface area contributed by atoms with Crippen LogP contribution in [-0.4, -0.2) is 42.4 Å². The van der Waals surface area contributed by atoms with Gasteiger partial charge in [-0.1, -0.05) is 0 Å². The lowest BCUT2D eigenvalue weighted by atomic mass is 9.92. The van der Waals surface area contributed by atoms with E-state index in [1.807, 2.05) is 0 Å². The van der Waals surface area contributed by atoms with E-state index < -0.39 is 0 Å². The number of aliphatic hydroxyl groups is 1. The second-order valence-corrected chi connectivity index (χ2v) is 3.68. The second kappa shape index (κ2) is 5.72. The summed E-state index contributed by atoms with van der Waals surface area (Å²) in [7, 11) is 2.97. The van der Waals surface area contributed by atoms with Gasteiger partial charge in [0.05, 0.1) is 7.11 Å². The van der Waals surface area contributed by atoms with Crippen molar-refractivity contribution in [3.8, 4) is 0 Å². The summed E-state index contributed by atoms with van der Waals surface area (Å²) < 4.78 is 0. The van der Waals surface area contributed by atoms with Crippen molar-refractivity contribution in [1.29, 1.82) is 0 Å². The third kappa shape index (κ3) is 2.79. The summed E-state index contributed by atoms with van der Waals surface area (Å²) in [6.07, 6.45) is 1.42. The average Bonchev–Trinajstić information content (AvgIpc) is 2.26. The van der Waals surface area contributed by atoms with E-state index in [2.05, 4.69) is 10.4 Å². The van der Waals surface area contributed by atoms with E-state index in [9.17, 15) is 9.59 Å². The summed E-state index contributed by atoms with van der Waals surface area (Å²) in [5, 5.41) is 10.3. The van der Waals surface area contributed by atoms with Gasteiger partial charge in [0.15, 0.2) is 5.78 Å². The predicted molar refractivity (Wildman–Crippen MR) is 60.4 cm³/mol. The van der Waals surface area contributed by atoms with Crippen LogP contribution >= 0.6 is 0 Å². The minimum atomic E-state index is -0.280. The molecule has 0 spiro atoms. The van der Waals surface area contributed by atoms with Gasteiger partial charge in [-0.2, -0.15) is 0 Å². The van der Waals surface area contributed by atoms with E-state index >= 15 is 0 Å². The van der Waals surface area contributed by atoms with E-state index in [1.165, 1.54) is 18.2 Å². The van der Waals surface area contributed by atoms with Crippen molar-refractivity contribution >= 4 is 11.6 Å². The van der Waals surface area contributed by atoms with Crippen molar-refractivity contribution < 1.29 is 19.5 Å². The van der Waals surface area contributed by atoms with E-state index in [1.54, 1.807) is 14.0 Å². The molecule has 6 nitrogen and oxygen atoms in total. The number of carbonyl (C=O) groups excluding carboxylic acids is 2. The summed E-state index contributed by atoms with van der Waals surface area (Å²) in [5.41, 5.74) is 3.34. The van der Waals surface area contributed by atoms with Crippen molar-refractivity contribution in [2.24, 2.45) is 0 Å². The molecule has 0 heterocycles. The molecule has 0 unspecified atom stereocenters. The molecule has 1 aliphatic rings. The highest BCUT2D eigenvalue weighted by atomic mass is 16.7. The highest BCUT2D eigenvalue weighted by Gasteiger charge is 2.28. The van der Waals surface area contributed by atoms with Crippen molar-refractivity contribution in [2.75, 3.05) is 20.8 Å². The van der Waals surface area contributed by atoms with Gasteiger partial charge < -0.3 is 5.11 Å². The number of allylic oxidation sites excluding steroid dienone is 2. The molecule has 0 radical (unpaired) electrons. The van der Waals surface area contributed by atoms with E-state index in [4.69, 9.17) is 5.11 Å². The van der Waals surface area contributed by atoms with Crippen LogP contribution in [0.3, 0.4) is 0 Å². The number of likely N-dealkylation sites (N-methyl/N-ethyl adjacent to an activating group) is 1. The summed E-state index contributed by atoms with van der Waals surface area (Å²) in [6.45, 7) is 1.39. The summed E-state index contributed by atoms with van der Waals surface area (Å²) in [4.78, 5) is 28.4. The Bertz CT molecular complexity index is 398. The molecule has 94 valence electrons. The van der Waals surface area contributed by atoms with Gasteiger partial charge in [-0.25, -0.2) is 0 Å². The maximum atomic E-state index is 11.9. The van der Waals surface area contributed by atoms with Gasteiger partial charge >= 0.3 is 0 Å². The Morgan fingerprint density at radius 2 is 2.12 bits per heavy atom. The third-order valence-electron chi connectivity index (χ3n) is 2.42. The van der Waals surface area contributed by atoms with E-state index in [-0.39, 0.29) is 30.3 Å². The topological polar surface area (TPSA) is 78.9 Å². The Labute approximate surface area is 99.5 Å². The number of nitrogens with zero attached hydrogens (tertiary/aromatic N) is 1. The fraction of sp³-hybridized carbons (Fsp3) is 0.455. The molecule has 6 heteroatoms. The summed E-state index contributed by atoms with van der Waals surface area (Å²) >= 11 is 0. The molecule has 1 aliphatic carbocycles. The highest BCUT2D eigenvalue weighted by molar-refractivity contribution is 6.22. The third-order valence-corrected chi connectivity index (χ3v) is 2.42. The van der Waals surface area contributed by atoms with Gasteiger partial charge in [-0.15, -0.1) is 5.59 Å². The largest absolute Gasteiger partial charge is 0.396 e. The number of rotatable bonds is 5. The molecule has 0 aromatic heterocycles. The van der Waals surface area contributed by atoms with Gasteiger partial charge in [0.2, 0.25) is 5.78 Å². The molecular weight excluding hydrogens is 224 g/mol. The number of aliphatic hydroxyl groups excluding tert-OH is 1. The Hall–Kier alpha value is -1.50. The highest BCUT2D eigenvalue weighted by Crippen LogP contribution is 2.22. The first-order valence-electron chi connectivity index (χ1n) is 5.16. The number of hydrazine groups is 1. The summed E-state index contributed by atoms with van der Waals surface area (Å²) in [5.74, 6) is -0.504. The second-order valence-electron chi connectivity index (χ2n) is 3.68. The van der Waals surface area contributed by atoms with Crippen LogP contribution in [0, 0.1) is 0 Å². The molecule has 17 heavy (non-hydrogen) atoms. The lowest BCUT2D eigenvalue weighted by Crippen LogP contribution is -2.38. The monoisotopic (exact) mass is 240 g/mol. The lowest BCUT2D eigenvalue weighted by Gasteiger charge is -2.25. The zero-order chi connectivity index (χ0) is 13.0. The van der Waals surface area contributed by atoms with Crippen molar-refractivity contribution in [1.82, 2.24) is 10.6 Å². The predicted octanol–water partition coefficient (Wildman–Crippen LogP) is -0.281. The molecule has 0 bridgehead atoms. The molecule has 0 atom stereocenters. The number of nitrogens with one attached hydrogen (secondary N) is 1. The molecule has 2 N–H and O–H groups in total. The zero-order valence-corrected chi connectivity index (χ0v) is 10.1. The molecule has 1 rings (SSSR count). The van der Waals surface area contributed by atoms with Crippen LogP contribution < -0.4 is 5.59 Å². The number of carbonyl (C=O) groups is 2. The molecule has 0 aromatic carbocycles. The number of ketones is 2. The molecule has 0 saturated carbocycles. The van der Waals surface area contributed by atoms with Crippen molar-refractivity contribution in [3.05, 3.63) is 22.9 Å². The first-order chi connectivity index (χ1) is 8.02. The minimum absolute atomic E-state index is 0.140. The average molecular weight is 240 g/mol. The first kappa shape index (κ1) is 13.6. The Morgan fingerprint density at radius 1 is 1.47 bits per heavy atom. The van der Waals surface area contributed by atoms with E-state index in [0.29, 0.717) is 11.1 Å². The first-order valence-corrected chi connectivity index (χ1v) is 5.16. The maximum absolute atomic E-state index is 11.9. The number of Topliss-reactive ketones (excluding diaryl/α,β-unsaturated/α-hetero) is 1. The van der Waals surface area contributed by atoms with Crippen LogP contribution in [0.15, 0.2) is 22.9 Å². The van der Waals surface area contributed by atoms with Crippen LogP contribution in [0.4, 0.5) is 0 Å². The smallest absolute Gasteiger partial charge is 0.204 e. The molecule has 0 aromatic rings. The normalized spacial score (nSPS) is 16.4. The Kier molecular flexibility index (Phi) is 4.56. The van der Waals surface area contributed by atoms with Gasteiger partial charge in [0.25, 0.3) is 0 Å². The Balaban J connectivity index is 3.15. The fourth-order valence-electron chi connectivity index (χ4n) is 1.72. The summed E-state index contributed by atoms with van der Waals surface area (Å²) in [6, 6.07) is 0. The standard InChI is InChI=1S/C11H16N2O4/c1-7-6-9(15)10(13(2)12-17-3)8(4-5-14)11(7)16/h6,12,14H,4-5H2,1-3H3. The fourth-order valence-corrected chi connectivity index (χ4v) is 1.72. The Morgan fingerprint density at radius 3 is 2.65 bits per heavy atom. The number of hydrogen-bond acceptors (Lipinski definition) is 6. The van der Waals surface area contributed by atoms with Gasteiger partial charge in [-0.3, -0.25) is 19.4 Å². The molecule has 0 aliphatic heterocycles. The van der Waals surface area contributed by atoms with Crippen molar-refractivity contribution in [3.63, 3.8) is 0 Å². The van der Waals surface area contributed by atoms with Crippen LogP contribution in [0.2, 0.25) is 0 Å². The minimum Gasteiger partial charge on any atom is -0.396 e. The van der Waals surface area contributed by atoms with Crippen LogP contribution in [0.5, 0.6) is 0 Å². The van der Waals surface area contributed by atoms with Crippen LogP contribution in [-0.2, 0) is 14.4 Å². The lowest BCUT2D eigenvalue weighted by molar-refractivity contribution is -0.119. The van der Waals surface area contributed by atoms with Crippen molar-refractivity contribution in [2.45, 2.75) is 13.3 Å². The molecule has 0 saturated heterocycles. The molecule has 0 fully saturated rings. The molecule has 0 amide bonds. The van der Waals surface area contributed by atoms with Gasteiger partial charge in [0, 0.05) is 31.2 Å².